The predicted octanol–water partition coefficient (Wildman–Crippen LogP) is 4.77. The molecule has 0 spiro atoms. The van der Waals surface area contributed by atoms with Gasteiger partial charge in [-0.3, -0.25) is 0 Å². The molecule has 5 fully saturated rings. The largest absolute Gasteiger partial charge is 0.377 e. The van der Waals surface area contributed by atoms with Gasteiger partial charge in [0.1, 0.15) is 5.60 Å². The van der Waals surface area contributed by atoms with Gasteiger partial charge in [-0.2, -0.15) is 0 Å². The SMILES string of the molecule is C#C[C@]1(O)CC[C@H]2C3[C@H]4OC(C)(C)O[C@@H]4[C@H]4C[C@@H](C)CC[C@]4(C)[C@H]3CC[C@@]21C. The van der Waals surface area contributed by atoms with E-state index >= 15 is 0 Å². The van der Waals surface area contributed by atoms with Crippen molar-refractivity contribution in [2.24, 2.45) is 40.4 Å². The molecule has 0 aromatic carbocycles. The van der Waals surface area contributed by atoms with E-state index in [1.165, 1.54) is 19.3 Å². The third-order valence-corrected chi connectivity index (χ3v) is 10.2. The first-order valence-electron chi connectivity index (χ1n) is 11.6. The molecule has 5 rings (SSSR count). The highest BCUT2D eigenvalue weighted by molar-refractivity contribution is 5.25. The summed E-state index contributed by atoms with van der Waals surface area (Å²) in [4.78, 5) is 0. The number of hydrogen-bond donors (Lipinski definition) is 1. The zero-order valence-electron chi connectivity index (χ0n) is 18.3. The molecule has 3 heteroatoms. The second kappa shape index (κ2) is 5.77. The molecule has 4 saturated carbocycles. The minimum atomic E-state index is -0.966. The highest BCUT2D eigenvalue weighted by Gasteiger charge is 2.70. The van der Waals surface area contributed by atoms with Crippen LogP contribution in [0.25, 0.3) is 0 Å². The lowest BCUT2D eigenvalue weighted by Gasteiger charge is -2.63. The van der Waals surface area contributed by atoms with Crippen LogP contribution in [0.2, 0.25) is 0 Å². The van der Waals surface area contributed by atoms with Crippen molar-refractivity contribution in [3.63, 3.8) is 0 Å². The van der Waals surface area contributed by atoms with Crippen molar-refractivity contribution in [2.75, 3.05) is 0 Å². The smallest absolute Gasteiger partial charge is 0.163 e. The van der Waals surface area contributed by atoms with Gasteiger partial charge in [0.2, 0.25) is 0 Å². The second-order valence-electron chi connectivity index (χ2n) is 11.8. The molecule has 0 radical (unpaired) electrons. The van der Waals surface area contributed by atoms with Crippen LogP contribution in [0.1, 0.15) is 79.6 Å². The van der Waals surface area contributed by atoms with Crippen molar-refractivity contribution in [1.29, 1.82) is 0 Å². The molecular weight excluding hydrogens is 348 g/mol. The maximum Gasteiger partial charge on any atom is 0.163 e. The van der Waals surface area contributed by atoms with E-state index < -0.39 is 11.4 Å². The average Bonchev–Trinajstić information content (AvgIpc) is 3.10. The molecule has 0 bridgehead atoms. The molecule has 10 atom stereocenters. The molecule has 1 N–H and O–H groups in total. The van der Waals surface area contributed by atoms with Crippen molar-refractivity contribution in [2.45, 2.75) is 103 Å². The van der Waals surface area contributed by atoms with Crippen LogP contribution >= 0.6 is 0 Å². The lowest BCUT2D eigenvalue weighted by Crippen LogP contribution is -2.64. The minimum Gasteiger partial charge on any atom is -0.377 e. The molecule has 0 aromatic heterocycles. The van der Waals surface area contributed by atoms with Gasteiger partial charge in [-0.15, -0.1) is 6.42 Å². The van der Waals surface area contributed by atoms with Crippen LogP contribution in [0, 0.1) is 52.8 Å². The predicted molar refractivity (Wildman–Crippen MR) is 109 cm³/mol. The van der Waals surface area contributed by atoms with E-state index in [1.807, 2.05) is 0 Å². The van der Waals surface area contributed by atoms with Gasteiger partial charge in [0.25, 0.3) is 0 Å². The Morgan fingerprint density at radius 1 is 0.893 bits per heavy atom. The van der Waals surface area contributed by atoms with Crippen LogP contribution in [0.15, 0.2) is 0 Å². The topological polar surface area (TPSA) is 38.7 Å². The van der Waals surface area contributed by atoms with Gasteiger partial charge in [0, 0.05) is 5.41 Å². The lowest BCUT2D eigenvalue weighted by atomic mass is 9.42. The van der Waals surface area contributed by atoms with Gasteiger partial charge >= 0.3 is 0 Å². The van der Waals surface area contributed by atoms with Crippen LogP contribution in [-0.4, -0.2) is 28.7 Å². The van der Waals surface area contributed by atoms with Crippen molar-refractivity contribution in [1.82, 2.24) is 0 Å². The summed E-state index contributed by atoms with van der Waals surface area (Å²) in [6.07, 6.45) is 14.0. The molecule has 1 saturated heterocycles. The fourth-order valence-electron chi connectivity index (χ4n) is 8.64. The average molecular weight is 387 g/mol. The number of ether oxygens (including phenoxy) is 2. The Morgan fingerprint density at radius 3 is 2.29 bits per heavy atom. The Kier molecular flexibility index (Phi) is 4.00. The van der Waals surface area contributed by atoms with Crippen LogP contribution in [0.5, 0.6) is 0 Å². The van der Waals surface area contributed by atoms with Crippen LogP contribution in [-0.2, 0) is 9.47 Å². The van der Waals surface area contributed by atoms with E-state index in [9.17, 15) is 5.11 Å². The summed E-state index contributed by atoms with van der Waals surface area (Å²) >= 11 is 0. The molecule has 0 amide bonds. The number of terminal acetylenes is 1. The molecule has 5 aliphatic rings. The van der Waals surface area contributed by atoms with Crippen LogP contribution in [0.4, 0.5) is 0 Å². The summed E-state index contributed by atoms with van der Waals surface area (Å²) in [7, 11) is 0. The molecular formula is C25H38O3. The van der Waals surface area contributed by atoms with Gasteiger partial charge in [-0.1, -0.05) is 33.1 Å². The van der Waals surface area contributed by atoms with Crippen molar-refractivity contribution in [3.05, 3.63) is 0 Å². The molecule has 28 heavy (non-hydrogen) atoms. The van der Waals surface area contributed by atoms with Crippen molar-refractivity contribution < 1.29 is 14.6 Å². The normalized spacial score (nSPS) is 59.5. The molecule has 156 valence electrons. The summed E-state index contributed by atoms with van der Waals surface area (Å²) in [5.74, 6) is 5.18. The van der Waals surface area contributed by atoms with E-state index in [4.69, 9.17) is 15.9 Å². The van der Waals surface area contributed by atoms with E-state index in [0.717, 1.165) is 31.6 Å². The van der Waals surface area contributed by atoms with Crippen LogP contribution in [0.3, 0.4) is 0 Å². The quantitative estimate of drug-likeness (QED) is 0.610. The third-order valence-electron chi connectivity index (χ3n) is 10.2. The number of aliphatic hydroxyl groups is 1. The molecule has 3 nitrogen and oxygen atoms in total. The van der Waals surface area contributed by atoms with Gasteiger partial charge < -0.3 is 14.6 Å². The van der Waals surface area contributed by atoms with Gasteiger partial charge in [-0.05, 0) is 87.4 Å². The fraction of sp³-hybridized carbons (Fsp3) is 0.920. The monoisotopic (exact) mass is 386 g/mol. The summed E-state index contributed by atoms with van der Waals surface area (Å²) in [6.45, 7) is 11.4. The summed E-state index contributed by atoms with van der Waals surface area (Å²) in [5.41, 5.74) is -0.846. The zero-order chi connectivity index (χ0) is 20.1. The highest BCUT2D eigenvalue weighted by Crippen LogP contribution is 2.70. The van der Waals surface area contributed by atoms with Gasteiger partial charge in [0.05, 0.1) is 12.2 Å². The Hall–Kier alpha value is -0.560. The fourth-order valence-corrected chi connectivity index (χ4v) is 8.64. The third kappa shape index (κ3) is 2.29. The lowest BCUT2D eigenvalue weighted by molar-refractivity contribution is -0.193. The highest BCUT2D eigenvalue weighted by atomic mass is 16.8. The molecule has 0 aromatic rings. The standard InChI is InChI=1S/C25H38O3/c1-7-25(26)13-10-17-19-16(9-12-24(17,25)6)23(5)11-8-15(2)14-18(23)20-21(19)28-22(3,4)27-20/h1,15-21,26H,8-14H2,2-6H3/t15-,16-,17-,18+,19?,20+,21+,23+,24-,25-/m0/s1. The second-order valence-corrected chi connectivity index (χ2v) is 11.8. The van der Waals surface area contributed by atoms with Crippen molar-refractivity contribution >= 4 is 0 Å². The van der Waals surface area contributed by atoms with Gasteiger partial charge in [-0.25, -0.2) is 0 Å². The maximum atomic E-state index is 11.3. The number of rotatable bonds is 0. The Morgan fingerprint density at radius 2 is 1.57 bits per heavy atom. The summed E-state index contributed by atoms with van der Waals surface area (Å²) in [5, 5.41) is 11.3. The Balaban J connectivity index is 1.60. The minimum absolute atomic E-state index is 0.146. The van der Waals surface area contributed by atoms with E-state index in [2.05, 4.69) is 40.5 Å². The molecule has 1 heterocycles. The van der Waals surface area contributed by atoms with Crippen LogP contribution < -0.4 is 0 Å². The maximum absolute atomic E-state index is 11.3. The van der Waals surface area contributed by atoms with Gasteiger partial charge in [0.15, 0.2) is 5.79 Å². The summed E-state index contributed by atoms with van der Waals surface area (Å²) in [6, 6.07) is 0. The number of fused-ring (bicyclic) bond motifs is 8. The molecule has 1 unspecified atom stereocenters. The number of hydrogen-bond acceptors (Lipinski definition) is 3. The van der Waals surface area contributed by atoms with Crippen molar-refractivity contribution in [3.8, 4) is 12.3 Å². The van der Waals surface area contributed by atoms with E-state index in [1.54, 1.807) is 0 Å². The Labute approximate surface area is 170 Å². The first-order chi connectivity index (χ1) is 13.0. The summed E-state index contributed by atoms with van der Waals surface area (Å²) < 4.78 is 13.3. The zero-order valence-corrected chi connectivity index (χ0v) is 18.3. The first kappa shape index (κ1) is 19.4. The first-order valence-corrected chi connectivity index (χ1v) is 11.6. The molecule has 1 aliphatic heterocycles. The van der Waals surface area contributed by atoms with E-state index in [-0.39, 0.29) is 17.6 Å². The van der Waals surface area contributed by atoms with E-state index in [0.29, 0.717) is 29.1 Å². The Bertz CT molecular complexity index is 709. The molecule has 4 aliphatic carbocycles.